The number of aromatic carboxylic acids is 1. The van der Waals surface area contributed by atoms with Crippen LogP contribution in [0.3, 0.4) is 0 Å². The van der Waals surface area contributed by atoms with Crippen molar-refractivity contribution in [3.05, 3.63) is 38.1 Å². The molecule has 0 aromatic carbocycles. The number of fused-ring (bicyclic) bond motifs is 3. The zero-order valence-electron chi connectivity index (χ0n) is 8.69. The normalized spacial score (nSPS) is 12.9. The molecule has 2 heterocycles. The van der Waals surface area contributed by atoms with Crippen LogP contribution in [0, 0.1) is 0 Å². The van der Waals surface area contributed by atoms with Gasteiger partial charge in [-0.2, -0.15) is 4.98 Å². The molecule has 0 spiro atoms. The number of carboxylic acid groups (broad SMARTS) is 1. The van der Waals surface area contributed by atoms with Gasteiger partial charge in [-0.3, -0.25) is 4.98 Å². The van der Waals surface area contributed by atoms with E-state index in [1.165, 1.54) is 0 Å². The lowest BCUT2D eigenvalue weighted by molar-refractivity contribution is 0.0688. The summed E-state index contributed by atoms with van der Waals surface area (Å²) in [6.07, 6.45) is 1.41. The second-order valence-corrected chi connectivity index (χ2v) is 4.81. The molecule has 1 aliphatic rings. The van der Waals surface area contributed by atoms with Gasteiger partial charge in [-0.05, 0) is 24.3 Å². The van der Waals surface area contributed by atoms with Crippen LogP contribution in [0.1, 0.15) is 20.9 Å². The van der Waals surface area contributed by atoms with Crippen LogP contribution >= 0.6 is 11.3 Å². The highest BCUT2D eigenvalue weighted by molar-refractivity contribution is 7.10. The second kappa shape index (κ2) is 3.53. The van der Waals surface area contributed by atoms with Crippen molar-refractivity contribution in [2.24, 2.45) is 0 Å². The number of hydrogen-bond donors (Lipinski definition) is 2. The number of thiophene rings is 1. The smallest absolute Gasteiger partial charge is 0.352 e. The van der Waals surface area contributed by atoms with Gasteiger partial charge in [0.1, 0.15) is 5.69 Å². The molecule has 0 aliphatic heterocycles. The number of H-pyrrole nitrogens is 1. The van der Waals surface area contributed by atoms with Crippen molar-refractivity contribution in [3.8, 4) is 11.3 Å². The third-order valence-corrected chi connectivity index (χ3v) is 3.83. The Morgan fingerprint density at radius 3 is 3.06 bits per heavy atom. The Labute approximate surface area is 99.8 Å². The van der Waals surface area contributed by atoms with Crippen LogP contribution in [0.25, 0.3) is 11.3 Å². The Kier molecular flexibility index (Phi) is 2.12. The Bertz CT molecular complexity index is 672. The maximum Gasteiger partial charge on any atom is 0.352 e. The SMILES string of the molecule is O=C(O)c1[nH]c(=O)nc2c1CCc1sccc1-2. The number of carbonyl (C=O) groups is 1. The quantitative estimate of drug-likeness (QED) is 0.796. The van der Waals surface area contributed by atoms with E-state index in [1.54, 1.807) is 11.3 Å². The molecule has 0 fully saturated rings. The van der Waals surface area contributed by atoms with Gasteiger partial charge in [0.05, 0.1) is 5.69 Å². The molecule has 5 nitrogen and oxygen atoms in total. The molecule has 0 saturated carbocycles. The molecule has 17 heavy (non-hydrogen) atoms. The van der Waals surface area contributed by atoms with Gasteiger partial charge in [0.25, 0.3) is 0 Å². The number of rotatable bonds is 1. The summed E-state index contributed by atoms with van der Waals surface area (Å²) in [5.41, 5.74) is 1.40. The topological polar surface area (TPSA) is 83.0 Å². The lowest BCUT2D eigenvalue weighted by Crippen LogP contribution is -2.22. The van der Waals surface area contributed by atoms with Crippen LogP contribution in [0.15, 0.2) is 16.2 Å². The molecule has 86 valence electrons. The van der Waals surface area contributed by atoms with Gasteiger partial charge in [-0.15, -0.1) is 11.3 Å². The van der Waals surface area contributed by atoms with Crippen molar-refractivity contribution in [3.63, 3.8) is 0 Å². The molecule has 0 unspecified atom stereocenters. The minimum absolute atomic E-state index is 0.0307. The molecular formula is C11H8N2O3S. The summed E-state index contributed by atoms with van der Waals surface area (Å²) in [5.74, 6) is -1.11. The average Bonchev–Trinajstić information content (AvgIpc) is 2.76. The molecular weight excluding hydrogens is 240 g/mol. The standard InChI is InChI=1S/C11H8N2O3S/c14-10(15)9-6-1-2-7-5(3-4-17-7)8(6)12-11(16)13-9/h3-4H,1-2H2,(H,14,15)(H,12,13,16). The molecule has 6 heteroatoms. The third-order valence-electron chi connectivity index (χ3n) is 2.85. The zero-order valence-corrected chi connectivity index (χ0v) is 9.50. The van der Waals surface area contributed by atoms with Crippen molar-refractivity contribution in [2.45, 2.75) is 12.8 Å². The monoisotopic (exact) mass is 248 g/mol. The van der Waals surface area contributed by atoms with Crippen LogP contribution in [-0.2, 0) is 12.8 Å². The van der Waals surface area contributed by atoms with E-state index in [4.69, 9.17) is 5.11 Å². The summed E-state index contributed by atoms with van der Waals surface area (Å²) in [6, 6.07) is 1.88. The van der Waals surface area contributed by atoms with Gasteiger partial charge in [0.2, 0.25) is 0 Å². The van der Waals surface area contributed by atoms with E-state index < -0.39 is 11.7 Å². The first-order valence-corrected chi connectivity index (χ1v) is 5.98. The van der Waals surface area contributed by atoms with E-state index in [0.29, 0.717) is 17.7 Å². The van der Waals surface area contributed by atoms with Gasteiger partial charge in [-0.25, -0.2) is 9.59 Å². The number of hydrogen-bond acceptors (Lipinski definition) is 4. The highest BCUT2D eigenvalue weighted by atomic mass is 32.1. The predicted octanol–water partition coefficient (Wildman–Crippen LogP) is 1.30. The molecule has 0 atom stereocenters. The number of nitrogens with one attached hydrogen (secondary N) is 1. The fourth-order valence-electron chi connectivity index (χ4n) is 2.13. The maximum atomic E-state index is 11.4. The van der Waals surface area contributed by atoms with E-state index in [1.807, 2.05) is 11.4 Å². The largest absolute Gasteiger partial charge is 0.477 e. The van der Waals surface area contributed by atoms with Gasteiger partial charge < -0.3 is 5.11 Å². The molecule has 0 amide bonds. The van der Waals surface area contributed by atoms with Crippen molar-refractivity contribution < 1.29 is 9.90 Å². The minimum Gasteiger partial charge on any atom is -0.477 e. The van der Waals surface area contributed by atoms with Crippen molar-refractivity contribution in [2.75, 3.05) is 0 Å². The van der Waals surface area contributed by atoms with E-state index in [2.05, 4.69) is 9.97 Å². The summed E-state index contributed by atoms with van der Waals surface area (Å²) < 4.78 is 0. The molecule has 1 aliphatic carbocycles. The van der Waals surface area contributed by atoms with E-state index in [9.17, 15) is 9.59 Å². The Morgan fingerprint density at radius 1 is 1.47 bits per heavy atom. The van der Waals surface area contributed by atoms with Crippen LogP contribution in [0.5, 0.6) is 0 Å². The molecule has 0 bridgehead atoms. The first kappa shape index (κ1) is 10.2. The van der Waals surface area contributed by atoms with Crippen LogP contribution in [-0.4, -0.2) is 21.0 Å². The third kappa shape index (κ3) is 1.49. The molecule has 0 saturated heterocycles. The first-order chi connectivity index (χ1) is 8.16. The first-order valence-electron chi connectivity index (χ1n) is 5.10. The number of nitrogens with zero attached hydrogens (tertiary/aromatic N) is 1. The summed E-state index contributed by atoms with van der Waals surface area (Å²) in [4.78, 5) is 29.8. The molecule has 2 aromatic rings. The fourth-order valence-corrected chi connectivity index (χ4v) is 3.01. The Hall–Kier alpha value is -1.95. The van der Waals surface area contributed by atoms with E-state index >= 15 is 0 Å². The molecule has 3 rings (SSSR count). The second-order valence-electron chi connectivity index (χ2n) is 3.81. The van der Waals surface area contributed by atoms with Crippen molar-refractivity contribution in [1.29, 1.82) is 0 Å². The van der Waals surface area contributed by atoms with Crippen LogP contribution in [0.4, 0.5) is 0 Å². The molecule has 0 radical (unpaired) electrons. The van der Waals surface area contributed by atoms with Gasteiger partial charge in [0, 0.05) is 16.0 Å². The van der Waals surface area contributed by atoms with Gasteiger partial charge in [-0.1, -0.05) is 0 Å². The zero-order chi connectivity index (χ0) is 12.0. The minimum atomic E-state index is -1.11. The number of aryl methyl sites for hydroxylation is 1. The summed E-state index contributed by atoms with van der Waals surface area (Å²) in [5, 5.41) is 11.0. The molecule has 2 N–H and O–H groups in total. The lowest BCUT2D eigenvalue weighted by Gasteiger charge is -2.16. The average molecular weight is 248 g/mol. The summed E-state index contributed by atoms with van der Waals surface area (Å²) in [7, 11) is 0. The van der Waals surface area contributed by atoms with Gasteiger partial charge in [0.15, 0.2) is 0 Å². The predicted molar refractivity (Wildman–Crippen MR) is 62.5 cm³/mol. The fraction of sp³-hybridized carbons (Fsp3) is 0.182. The Balaban J connectivity index is 2.35. The maximum absolute atomic E-state index is 11.4. The van der Waals surface area contributed by atoms with E-state index in [0.717, 1.165) is 16.9 Å². The van der Waals surface area contributed by atoms with E-state index in [-0.39, 0.29) is 5.69 Å². The van der Waals surface area contributed by atoms with Gasteiger partial charge >= 0.3 is 11.7 Å². The number of carboxylic acids is 1. The van der Waals surface area contributed by atoms with Crippen LogP contribution < -0.4 is 5.69 Å². The van der Waals surface area contributed by atoms with Crippen molar-refractivity contribution >= 4 is 17.3 Å². The number of aromatic nitrogens is 2. The summed E-state index contributed by atoms with van der Waals surface area (Å²) >= 11 is 1.61. The molecule has 2 aromatic heterocycles. The van der Waals surface area contributed by atoms with Crippen molar-refractivity contribution in [1.82, 2.24) is 9.97 Å². The Morgan fingerprint density at radius 2 is 2.29 bits per heavy atom. The summed E-state index contributed by atoms with van der Waals surface area (Å²) in [6.45, 7) is 0. The highest BCUT2D eigenvalue weighted by Gasteiger charge is 2.24. The highest BCUT2D eigenvalue weighted by Crippen LogP contribution is 2.35. The lowest BCUT2D eigenvalue weighted by atomic mass is 9.94. The number of aromatic amines is 1. The van der Waals surface area contributed by atoms with Crippen LogP contribution in [0.2, 0.25) is 0 Å².